The maximum atomic E-state index is 12.3. The molecule has 2 heterocycles. The molecule has 2 N–H and O–H groups in total. The number of nitrogens with one attached hydrogen (secondary N) is 2. The maximum Gasteiger partial charge on any atom is 0.315 e. The van der Waals surface area contributed by atoms with Crippen LogP contribution >= 0.6 is 0 Å². The Labute approximate surface area is 142 Å². The number of furan rings is 1. The van der Waals surface area contributed by atoms with Crippen LogP contribution in [0.2, 0.25) is 0 Å². The first-order valence-corrected chi connectivity index (χ1v) is 8.43. The Morgan fingerprint density at radius 2 is 2.29 bits per heavy atom. The summed E-state index contributed by atoms with van der Waals surface area (Å²) in [6, 6.07) is 1.91. The molecule has 2 aromatic heterocycles. The predicted molar refractivity (Wildman–Crippen MR) is 91.7 cm³/mol. The highest BCUT2D eigenvalue weighted by molar-refractivity contribution is 5.74. The summed E-state index contributed by atoms with van der Waals surface area (Å²) in [5.74, 6) is 1.91. The molecule has 2 aromatic rings. The zero-order valence-corrected chi connectivity index (χ0v) is 14.8. The minimum atomic E-state index is -0.133. The summed E-state index contributed by atoms with van der Waals surface area (Å²) in [6.07, 6.45) is 6.38. The predicted octanol–water partition coefficient (Wildman–Crippen LogP) is 2.88. The second-order valence-electron chi connectivity index (χ2n) is 7.51. The molecule has 0 spiro atoms. The van der Waals surface area contributed by atoms with Gasteiger partial charge < -0.3 is 15.1 Å². The van der Waals surface area contributed by atoms with Gasteiger partial charge >= 0.3 is 6.03 Å². The first-order chi connectivity index (χ1) is 11.3. The van der Waals surface area contributed by atoms with Crippen LogP contribution in [0.25, 0.3) is 0 Å². The standard InChI is InChI=1S/C18H26N4O2/c1-12-7-14-15(8-18(2,3)9-16(14)24-12)21-17(23)19-6-5-13-10-20-22(4)11-13/h7,10-11,15H,5-6,8-9H2,1-4H3,(H2,19,21,23)/t15-/m1/s1. The zero-order chi connectivity index (χ0) is 17.3. The quantitative estimate of drug-likeness (QED) is 0.905. The van der Waals surface area contributed by atoms with E-state index in [0.29, 0.717) is 6.54 Å². The van der Waals surface area contributed by atoms with Gasteiger partial charge in [-0.3, -0.25) is 4.68 Å². The van der Waals surface area contributed by atoms with Crippen LogP contribution in [0, 0.1) is 12.3 Å². The molecule has 24 heavy (non-hydrogen) atoms. The molecule has 1 aliphatic rings. The van der Waals surface area contributed by atoms with Crippen LogP contribution in [-0.4, -0.2) is 22.4 Å². The molecule has 1 atom stereocenters. The molecule has 1 aliphatic carbocycles. The summed E-state index contributed by atoms with van der Waals surface area (Å²) in [5, 5.41) is 10.2. The highest BCUT2D eigenvalue weighted by Crippen LogP contribution is 2.41. The van der Waals surface area contributed by atoms with Gasteiger partial charge in [0, 0.05) is 31.8 Å². The Morgan fingerprint density at radius 3 is 3.00 bits per heavy atom. The number of amides is 2. The highest BCUT2D eigenvalue weighted by atomic mass is 16.3. The third-order valence-corrected chi connectivity index (χ3v) is 4.50. The van der Waals surface area contributed by atoms with Gasteiger partial charge in [-0.05, 0) is 36.8 Å². The molecule has 0 bridgehead atoms. The van der Waals surface area contributed by atoms with Gasteiger partial charge in [0.15, 0.2) is 0 Å². The van der Waals surface area contributed by atoms with Crippen molar-refractivity contribution in [3.8, 4) is 0 Å². The third-order valence-electron chi connectivity index (χ3n) is 4.50. The first-order valence-electron chi connectivity index (χ1n) is 8.43. The molecule has 6 heteroatoms. The van der Waals surface area contributed by atoms with Gasteiger partial charge in [0.05, 0.1) is 12.2 Å². The summed E-state index contributed by atoms with van der Waals surface area (Å²) < 4.78 is 7.58. The number of carbonyl (C=O) groups excluding carboxylic acids is 1. The van der Waals surface area contributed by atoms with Crippen molar-refractivity contribution in [2.24, 2.45) is 12.5 Å². The minimum absolute atomic E-state index is 0.000378. The largest absolute Gasteiger partial charge is 0.466 e. The van der Waals surface area contributed by atoms with Crippen molar-refractivity contribution in [3.05, 3.63) is 41.1 Å². The number of aromatic nitrogens is 2. The van der Waals surface area contributed by atoms with Crippen LogP contribution in [0.15, 0.2) is 22.9 Å². The third kappa shape index (κ3) is 3.80. The monoisotopic (exact) mass is 330 g/mol. The van der Waals surface area contributed by atoms with Gasteiger partial charge in [-0.25, -0.2) is 4.79 Å². The van der Waals surface area contributed by atoms with E-state index in [2.05, 4.69) is 29.6 Å². The Hall–Kier alpha value is -2.24. The van der Waals surface area contributed by atoms with E-state index in [1.807, 2.05) is 32.4 Å². The fraction of sp³-hybridized carbons (Fsp3) is 0.556. The zero-order valence-electron chi connectivity index (χ0n) is 14.8. The Kier molecular flexibility index (Phi) is 4.39. The van der Waals surface area contributed by atoms with Crippen LogP contribution in [0.5, 0.6) is 0 Å². The number of rotatable bonds is 4. The lowest BCUT2D eigenvalue weighted by Gasteiger charge is -2.34. The average Bonchev–Trinajstić information content (AvgIpc) is 3.03. The lowest BCUT2D eigenvalue weighted by Crippen LogP contribution is -2.42. The van der Waals surface area contributed by atoms with Crippen molar-refractivity contribution in [3.63, 3.8) is 0 Å². The summed E-state index contributed by atoms with van der Waals surface area (Å²) in [7, 11) is 1.89. The maximum absolute atomic E-state index is 12.3. The number of aryl methyl sites for hydroxylation is 2. The average molecular weight is 330 g/mol. The van der Waals surface area contributed by atoms with Crippen molar-refractivity contribution in [2.45, 2.75) is 46.1 Å². The second kappa shape index (κ2) is 6.34. The van der Waals surface area contributed by atoms with Crippen LogP contribution in [0.4, 0.5) is 4.79 Å². The Bertz CT molecular complexity index is 729. The second-order valence-corrected chi connectivity index (χ2v) is 7.51. The normalized spacial score (nSPS) is 18.9. The summed E-state index contributed by atoms with van der Waals surface area (Å²) >= 11 is 0. The molecule has 130 valence electrons. The molecule has 3 rings (SSSR count). The van der Waals surface area contributed by atoms with E-state index in [1.54, 1.807) is 4.68 Å². The number of nitrogens with zero attached hydrogens (tertiary/aromatic N) is 2. The van der Waals surface area contributed by atoms with Crippen molar-refractivity contribution >= 4 is 6.03 Å². The van der Waals surface area contributed by atoms with Gasteiger partial charge in [0.1, 0.15) is 11.5 Å². The van der Waals surface area contributed by atoms with Crippen LogP contribution in [0.3, 0.4) is 0 Å². The fourth-order valence-corrected chi connectivity index (χ4v) is 3.44. The summed E-state index contributed by atoms with van der Waals surface area (Å²) in [6.45, 7) is 6.97. The number of carbonyl (C=O) groups is 1. The molecule has 0 unspecified atom stereocenters. The van der Waals surface area contributed by atoms with E-state index in [1.165, 1.54) is 0 Å². The number of urea groups is 1. The van der Waals surface area contributed by atoms with E-state index >= 15 is 0 Å². The molecule has 0 saturated carbocycles. The molecular formula is C18H26N4O2. The van der Waals surface area contributed by atoms with Crippen LogP contribution in [-0.2, 0) is 19.9 Å². The number of hydrogen-bond acceptors (Lipinski definition) is 3. The molecule has 0 fully saturated rings. The van der Waals surface area contributed by atoms with Gasteiger partial charge in [-0.2, -0.15) is 5.10 Å². The number of fused-ring (bicyclic) bond motifs is 1. The molecule has 0 aromatic carbocycles. The first kappa shape index (κ1) is 16.6. The lowest BCUT2D eigenvalue weighted by molar-refractivity contribution is 0.214. The number of hydrogen-bond donors (Lipinski definition) is 2. The molecule has 0 saturated heterocycles. The minimum Gasteiger partial charge on any atom is -0.466 e. The van der Waals surface area contributed by atoms with Gasteiger partial charge in [-0.1, -0.05) is 13.8 Å². The summed E-state index contributed by atoms with van der Waals surface area (Å²) in [4.78, 5) is 12.3. The van der Waals surface area contributed by atoms with E-state index < -0.39 is 0 Å². The van der Waals surface area contributed by atoms with Gasteiger partial charge in [-0.15, -0.1) is 0 Å². The van der Waals surface area contributed by atoms with Crippen LogP contribution in [0.1, 0.15) is 49.0 Å². The smallest absolute Gasteiger partial charge is 0.315 e. The van der Waals surface area contributed by atoms with Crippen LogP contribution < -0.4 is 10.6 Å². The van der Waals surface area contributed by atoms with E-state index in [9.17, 15) is 4.79 Å². The lowest BCUT2D eigenvalue weighted by atomic mass is 9.75. The SMILES string of the molecule is Cc1cc2c(o1)CC(C)(C)C[C@H]2NC(=O)NCCc1cnn(C)c1. The van der Waals surface area contributed by atoms with Crippen molar-refractivity contribution in [1.29, 1.82) is 0 Å². The summed E-state index contributed by atoms with van der Waals surface area (Å²) in [5.41, 5.74) is 2.35. The van der Waals surface area contributed by atoms with E-state index in [0.717, 1.165) is 41.9 Å². The molecule has 2 amide bonds. The Morgan fingerprint density at radius 1 is 1.50 bits per heavy atom. The van der Waals surface area contributed by atoms with Crippen molar-refractivity contribution in [1.82, 2.24) is 20.4 Å². The molecular weight excluding hydrogens is 304 g/mol. The van der Waals surface area contributed by atoms with E-state index in [4.69, 9.17) is 4.42 Å². The van der Waals surface area contributed by atoms with Crippen molar-refractivity contribution in [2.75, 3.05) is 6.54 Å². The molecule has 0 aliphatic heterocycles. The highest BCUT2D eigenvalue weighted by Gasteiger charge is 2.35. The molecule has 6 nitrogen and oxygen atoms in total. The topological polar surface area (TPSA) is 72.1 Å². The van der Waals surface area contributed by atoms with E-state index in [-0.39, 0.29) is 17.5 Å². The van der Waals surface area contributed by atoms with Gasteiger partial charge in [0.25, 0.3) is 0 Å². The fourth-order valence-electron chi connectivity index (χ4n) is 3.44. The van der Waals surface area contributed by atoms with Crippen molar-refractivity contribution < 1.29 is 9.21 Å². The van der Waals surface area contributed by atoms with Gasteiger partial charge in [0.2, 0.25) is 0 Å². The molecule has 0 radical (unpaired) electrons. The Balaban J connectivity index is 1.57.